The van der Waals surface area contributed by atoms with E-state index < -0.39 is 0 Å². The average molecular weight is 294 g/mol. The predicted molar refractivity (Wildman–Crippen MR) is 68.4 cm³/mol. The van der Waals surface area contributed by atoms with Crippen LogP contribution in [0.25, 0.3) is 0 Å². The molecule has 0 unspecified atom stereocenters. The SMILES string of the molecule is CC(C)(C)c1c[c-]cc(C(C)(C)C)c1.[Br-].[Mg+2]. The maximum absolute atomic E-state index is 3.24. The Morgan fingerprint density at radius 1 is 0.812 bits per heavy atom. The van der Waals surface area contributed by atoms with Gasteiger partial charge in [0, 0.05) is 0 Å². The Bertz CT molecular complexity index is 289. The molecule has 0 aliphatic heterocycles. The summed E-state index contributed by atoms with van der Waals surface area (Å²) >= 11 is 0. The molecular weight excluding hydrogens is 272 g/mol. The second-order valence-electron chi connectivity index (χ2n) is 6.01. The van der Waals surface area contributed by atoms with Crippen molar-refractivity contribution < 1.29 is 17.0 Å². The monoisotopic (exact) mass is 292 g/mol. The van der Waals surface area contributed by atoms with Crippen LogP contribution in [0.5, 0.6) is 0 Å². The topological polar surface area (TPSA) is 0 Å². The summed E-state index contributed by atoms with van der Waals surface area (Å²) in [6, 6.07) is 9.73. The molecule has 1 aromatic carbocycles. The molecule has 0 N–H and O–H groups in total. The zero-order valence-corrected chi connectivity index (χ0v) is 14.3. The van der Waals surface area contributed by atoms with Gasteiger partial charge in [-0.05, 0) is 0 Å². The van der Waals surface area contributed by atoms with Crippen LogP contribution in [0.4, 0.5) is 0 Å². The minimum atomic E-state index is 0. The van der Waals surface area contributed by atoms with Gasteiger partial charge in [0.2, 0.25) is 0 Å². The zero-order chi connectivity index (χ0) is 11.0. The molecule has 0 aliphatic carbocycles. The fraction of sp³-hybridized carbons (Fsp3) is 0.571. The molecule has 0 aliphatic rings. The van der Waals surface area contributed by atoms with Crippen molar-refractivity contribution in [2.75, 3.05) is 0 Å². The van der Waals surface area contributed by atoms with Gasteiger partial charge in [-0.15, -0.1) is 0 Å². The molecule has 0 radical (unpaired) electrons. The Morgan fingerprint density at radius 2 is 1.12 bits per heavy atom. The van der Waals surface area contributed by atoms with E-state index >= 15 is 0 Å². The molecule has 0 atom stereocenters. The number of hydrogen-bond donors (Lipinski definition) is 0. The van der Waals surface area contributed by atoms with E-state index in [1.807, 2.05) is 0 Å². The van der Waals surface area contributed by atoms with E-state index in [1.165, 1.54) is 11.1 Å². The van der Waals surface area contributed by atoms with E-state index in [0.717, 1.165) is 0 Å². The van der Waals surface area contributed by atoms with Crippen molar-refractivity contribution >= 4 is 23.1 Å². The average Bonchev–Trinajstić information content (AvgIpc) is 2.01. The predicted octanol–water partition coefficient (Wildman–Crippen LogP) is 0.705. The molecule has 1 rings (SSSR count). The van der Waals surface area contributed by atoms with Crippen LogP contribution in [0.1, 0.15) is 52.7 Å². The van der Waals surface area contributed by atoms with Crippen molar-refractivity contribution in [3.05, 3.63) is 35.4 Å². The molecule has 0 aromatic heterocycles. The van der Waals surface area contributed by atoms with Crippen LogP contribution in [0, 0.1) is 6.07 Å². The molecule has 16 heavy (non-hydrogen) atoms. The van der Waals surface area contributed by atoms with E-state index in [4.69, 9.17) is 0 Å². The summed E-state index contributed by atoms with van der Waals surface area (Å²) in [7, 11) is 0. The Labute approximate surface area is 127 Å². The van der Waals surface area contributed by atoms with Crippen molar-refractivity contribution in [3.8, 4) is 0 Å². The Kier molecular flexibility index (Phi) is 7.54. The van der Waals surface area contributed by atoms with Crippen LogP contribution in [0.2, 0.25) is 0 Å². The molecule has 0 saturated carbocycles. The summed E-state index contributed by atoms with van der Waals surface area (Å²) in [5, 5.41) is 0. The summed E-state index contributed by atoms with van der Waals surface area (Å²) < 4.78 is 0. The van der Waals surface area contributed by atoms with Gasteiger partial charge >= 0.3 is 23.1 Å². The molecule has 0 saturated heterocycles. The summed E-state index contributed by atoms with van der Waals surface area (Å²) in [6.07, 6.45) is 0. The second kappa shape index (κ2) is 6.41. The zero-order valence-electron chi connectivity index (χ0n) is 11.3. The molecule has 0 fully saturated rings. The Balaban J connectivity index is 0. The van der Waals surface area contributed by atoms with Crippen LogP contribution in [0.15, 0.2) is 18.2 Å². The van der Waals surface area contributed by atoms with Crippen LogP contribution < -0.4 is 17.0 Å². The molecule has 0 nitrogen and oxygen atoms in total. The summed E-state index contributed by atoms with van der Waals surface area (Å²) in [4.78, 5) is 0. The number of hydrogen-bond acceptors (Lipinski definition) is 0. The van der Waals surface area contributed by atoms with E-state index in [0.29, 0.717) is 0 Å². The standard InChI is InChI=1S/C14H21.BrH.Mg/c1-13(2,3)11-8-7-9-12(10-11)14(4,5)6;;/h8-10H,1-6H3;1H;/q-1;;+2/p-1. The van der Waals surface area contributed by atoms with Crippen LogP contribution in [-0.4, -0.2) is 23.1 Å². The first-order valence-corrected chi connectivity index (χ1v) is 5.23. The molecular formula is C14H21BrMg. The van der Waals surface area contributed by atoms with Gasteiger partial charge in [0.05, 0.1) is 0 Å². The number of benzene rings is 1. The number of rotatable bonds is 0. The van der Waals surface area contributed by atoms with Crippen molar-refractivity contribution in [2.24, 2.45) is 0 Å². The Hall–Kier alpha value is 0.466. The normalized spacial score (nSPS) is 11.4. The van der Waals surface area contributed by atoms with Gasteiger partial charge in [0.15, 0.2) is 0 Å². The van der Waals surface area contributed by atoms with Gasteiger partial charge in [-0.1, -0.05) is 52.4 Å². The van der Waals surface area contributed by atoms with Gasteiger partial charge in [-0.3, -0.25) is 0 Å². The third kappa shape index (κ3) is 5.20. The molecule has 0 heterocycles. The minimum Gasteiger partial charge on any atom is -1.00 e. The fourth-order valence-electron chi connectivity index (χ4n) is 1.34. The van der Waals surface area contributed by atoms with Gasteiger partial charge < -0.3 is 17.0 Å². The maximum Gasteiger partial charge on any atom is 2.00 e. The second-order valence-corrected chi connectivity index (χ2v) is 6.01. The van der Waals surface area contributed by atoms with Crippen LogP contribution in [-0.2, 0) is 10.8 Å². The first-order chi connectivity index (χ1) is 6.21. The summed E-state index contributed by atoms with van der Waals surface area (Å²) in [5.41, 5.74) is 3.17. The fourth-order valence-corrected chi connectivity index (χ4v) is 1.34. The van der Waals surface area contributed by atoms with Crippen LogP contribution in [0.3, 0.4) is 0 Å². The minimum absolute atomic E-state index is 0. The molecule has 86 valence electrons. The van der Waals surface area contributed by atoms with Crippen molar-refractivity contribution in [1.82, 2.24) is 0 Å². The van der Waals surface area contributed by atoms with E-state index in [1.54, 1.807) is 0 Å². The largest absolute Gasteiger partial charge is 2.00 e. The van der Waals surface area contributed by atoms with Crippen molar-refractivity contribution in [2.45, 2.75) is 52.4 Å². The summed E-state index contributed by atoms with van der Waals surface area (Å²) in [5.74, 6) is 0. The third-order valence-corrected chi connectivity index (χ3v) is 2.52. The third-order valence-electron chi connectivity index (χ3n) is 2.52. The van der Waals surface area contributed by atoms with E-state index in [-0.39, 0.29) is 50.9 Å². The number of halogens is 1. The smallest absolute Gasteiger partial charge is 1.00 e. The first kappa shape index (κ1) is 18.8. The Morgan fingerprint density at radius 3 is 1.38 bits per heavy atom. The van der Waals surface area contributed by atoms with E-state index in [9.17, 15) is 0 Å². The maximum atomic E-state index is 3.24. The van der Waals surface area contributed by atoms with Crippen molar-refractivity contribution in [1.29, 1.82) is 0 Å². The van der Waals surface area contributed by atoms with Gasteiger partial charge in [0.1, 0.15) is 0 Å². The molecule has 1 aromatic rings. The van der Waals surface area contributed by atoms with Crippen molar-refractivity contribution in [3.63, 3.8) is 0 Å². The molecule has 0 spiro atoms. The molecule has 0 amide bonds. The summed E-state index contributed by atoms with van der Waals surface area (Å²) in [6.45, 7) is 13.4. The van der Waals surface area contributed by atoms with Gasteiger partial charge in [0.25, 0.3) is 0 Å². The molecule has 2 heteroatoms. The molecule has 0 bridgehead atoms. The first-order valence-electron chi connectivity index (χ1n) is 5.23. The van der Waals surface area contributed by atoms with Crippen LogP contribution >= 0.6 is 0 Å². The van der Waals surface area contributed by atoms with Gasteiger partial charge in [-0.25, -0.2) is 0 Å². The van der Waals surface area contributed by atoms with E-state index in [2.05, 4.69) is 65.8 Å². The quantitative estimate of drug-likeness (QED) is 0.488. The van der Waals surface area contributed by atoms with Gasteiger partial charge in [-0.2, -0.15) is 35.4 Å².